The van der Waals surface area contributed by atoms with E-state index in [1.54, 1.807) is 17.7 Å². The predicted molar refractivity (Wildman–Crippen MR) is 81.5 cm³/mol. The van der Waals surface area contributed by atoms with Crippen LogP contribution in [0.5, 0.6) is 0 Å². The molecule has 1 heterocycles. The summed E-state index contributed by atoms with van der Waals surface area (Å²) in [6.45, 7) is 4.16. The summed E-state index contributed by atoms with van der Waals surface area (Å²) >= 11 is 0. The van der Waals surface area contributed by atoms with Gasteiger partial charge >= 0.3 is 5.97 Å². The first-order valence-electron chi connectivity index (χ1n) is 7.23. The lowest BCUT2D eigenvalue weighted by atomic mass is 10.0. The van der Waals surface area contributed by atoms with E-state index in [-0.39, 0.29) is 6.42 Å². The lowest BCUT2D eigenvalue weighted by Gasteiger charge is -2.17. The maximum Gasteiger partial charge on any atom is 0.305 e. The van der Waals surface area contributed by atoms with Gasteiger partial charge in [-0.1, -0.05) is 12.1 Å². The van der Waals surface area contributed by atoms with E-state index < -0.39 is 23.7 Å². The number of rotatable bonds is 6. The van der Waals surface area contributed by atoms with E-state index in [9.17, 15) is 14.0 Å². The lowest BCUT2D eigenvalue weighted by Crippen LogP contribution is -2.31. The van der Waals surface area contributed by atoms with Crippen LogP contribution < -0.4 is 5.32 Å². The van der Waals surface area contributed by atoms with Gasteiger partial charge in [0.25, 0.3) is 5.91 Å². The van der Waals surface area contributed by atoms with Gasteiger partial charge in [-0.05, 0) is 37.6 Å². The molecule has 1 aromatic heterocycles. The largest absolute Gasteiger partial charge is 0.481 e. The van der Waals surface area contributed by atoms with E-state index in [1.165, 1.54) is 24.3 Å². The molecule has 1 atom stereocenters. The maximum atomic E-state index is 13.0. The van der Waals surface area contributed by atoms with Crippen molar-refractivity contribution >= 4 is 11.9 Å². The Morgan fingerprint density at radius 1 is 1.35 bits per heavy atom. The molecule has 2 aromatic rings. The summed E-state index contributed by atoms with van der Waals surface area (Å²) in [5.74, 6) is -1.89. The third-order valence-electron chi connectivity index (χ3n) is 3.39. The highest BCUT2D eigenvalue weighted by Crippen LogP contribution is 2.18. The first-order chi connectivity index (χ1) is 10.9. The van der Waals surface area contributed by atoms with Crippen LogP contribution in [0.15, 0.2) is 30.3 Å². The van der Waals surface area contributed by atoms with Gasteiger partial charge in [-0.15, -0.1) is 0 Å². The van der Waals surface area contributed by atoms with Crippen LogP contribution in [-0.4, -0.2) is 26.8 Å². The number of aromatic nitrogens is 2. The van der Waals surface area contributed by atoms with Gasteiger partial charge in [-0.25, -0.2) is 4.39 Å². The molecule has 1 amide bonds. The number of nitrogens with one attached hydrogen (secondary N) is 1. The standard InChI is InChI=1S/C16H18FN3O3/c1-3-20-14(8-10(2)19-20)16(23)18-13(9-15(21)22)11-4-6-12(17)7-5-11/h4-8,13H,3,9H2,1-2H3,(H,18,23)(H,21,22). The number of halogens is 1. The Morgan fingerprint density at radius 3 is 2.57 bits per heavy atom. The average molecular weight is 319 g/mol. The number of aryl methyl sites for hydroxylation is 2. The highest BCUT2D eigenvalue weighted by molar-refractivity contribution is 5.93. The molecule has 0 aliphatic carbocycles. The van der Waals surface area contributed by atoms with Crippen LogP contribution in [-0.2, 0) is 11.3 Å². The fraction of sp³-hybridized carbons (Fsp3) is 0.312. The maximum absolute atomic E-state index is 13.0. The second-order valence-corrected chi connectivity index (χ2v) is 5.16. The van der Waals surface area contributed by atoms with E-state index in [4.69, 9.17) is 5.11 Å². The minimum Gasteiger partial charge on any atom is -0.481 e. The molecule has 122 valence electrons. The molecule has 1 aromatic carbocycles. The molecule has 0 aliphatic rings. The molecule has 23 heavy (non-hydrogen) atoms. The SMILES string of the molecule is CCn1nc(C)cc1C(=O)NC(CC(=O)O)c1ccc(F)cc1. The van der Waals surface area contributed by atoms with Gasteiger partial charge < -0.3 is 10.4 Å². The summed E-state index contributed by atoms with van der Waals surface area (Å²) in [4.78, 5) is 23.5. The molecule has 0 spiro atoms. The van der Waals surface area contributed by atoms with Crippen LogP contribution in [0, 0.1) is 12.7 Å². The molecule has 2 N–H and O–H groups in total. The Balaban J connectivity index is 2.24. The molecule has 2 rings (SSSR count). The number of nitrogens with zero attached hydrogens (tertiary/aromatic N) is 2. The first kappa shape index (κ1) is 16.7. The van der Waals surface area contributed by atoms with Crippen molar-refractivity contribution < 1.29 is 19.1 Å². The minimum absolute atomic E-state index is 0.295. The molecule has 0 radical (unpaired) electrons. The topological polar surface area (TPSA) is 84.2 Å². The molecule has 0 saturated heterocycles. The number of benzene rings is 1. The first-order valence-corrected chi connectivity index (χ1v) is 7.23. The van der Waals surface area contributed by atoms with E-state index in [2.05, 4.69) is 10.4 Å². The van der Waals surface area contributed by atoms with Crippen molar-refractivity contribution in [2.75, 3.05) is 0 Å². The predicted octanol–water partition coefficient (Wildman–Crippen LogP) is 2.30. The highest BCUT2D eigenvalue weighted by Gasteiger charge is 2.21. The zero-order valence-electron chi connectivity index (χ0n) is 12.9. The summed E-state index contributed by atoms with van der Waals surface area (Å²) in [5, 5.41) is 15.9. The normalized spacial score (nSPS) is 12.0. The van der Waals surface area contributed by atoms with Gasteiger partial charge in [0.15, 0.2) is 0 Å². The number of hydrogen-bond donors (Lipinski definition) is 2. The van der Waals surface area contributed by atoms with Crippen LogP contribution in [0.4, 0.5) is 4.39 Å². The van der Waals surface area contributed by atoms with Gasteiger partial charge in [0.1, 0.15) is 11.5 Å². The molecule has 0 saturated carbocycles. The molecule has 0 fully saturated rings. The Bertz CT molecular complexity index is 710. The molecule has 0 aliphatic heterocycles. The average Bonchev–Trinajstić information content (AvgIpc) is 2.88. The van der Waals surface area contributed by atoms with Crippen LogP contribution in [0.1, 0.15) is 41.1 Å². The van der Waals surface area contributed by atoms with E-state index in [0.717, 1.165) is 0 Å². The number of carboxylic acids is 1. The molecule has 1 unspecified atom stereocenters. The third kappa shape index (κ3) is 4.15. The van der Waals surface area contributed by atoms with E-state index in [1.807, 2.05) is 6.92 Å². The fourth-order valence-corrected chi connectivity index (χ4v) is 2.32. The van der Waals surface area contributed by atoms with Crippen LogP contribution >= 0.6 is 0 Å². The van der Waals surface area contributed by atoms with Crippen molar-refractivity contribution in [2.24, 2.45) is 0 Å². The van der Waals surface area contributed by atoms with Crippen LogP contribution in [0.25, 0.3) is 0 Å². The Morgan fingerprint density at radius 2 is 2.00 bits per heavy atom. The van der Waals surface area contributed by atoms with Crippen LogP contribution in [0.2, 0.25) is 0 Å². The monoisotopic (exact) mass is 319 g/mol. The number of carbonyl (C=O) groups excluding carboxylic acids is 1. The molecular formula is C16H18FN3O3. The Kier molecular flexibility index (Phi) is 5.10. The lowest BCUT2D eigenvalue weighted by molar-refractivity contribution is -0.137. The number of aliphatic carboxylic acids is 1. The van der Waals surface area contributed by atoms with Crippen molar-refractivity contribution in [1.82, 2.24) is 15.1 Å². The zero-order valence-corrected chi connectivity index (χ0v) is 12.9. The molecule has 0 bridgehead atoms. The smallest absolute Gasteiger partial charge is 0.305 e. The van der Waals surface area contributed by atoms with Gasteiger partial charge in [0.05, 0.1) is 18.2 Å². The Hall–Kier alpha value is -2.70. The van der Waals surface area contributed by atoms with Crippen molar-refractivity contribution in [2.45, 2.75) is 32.9 Å². The van der Waals surface area contributed by atoms with Gasteiger partial charge in [-0.3, -0.25) is 14.3 Å². The zero-order chi connectivity index (χ0) is 17.0. The van der Waals surface area contributed by atoms with Crippen molar-refractivity contribution in [3.63, 3.8) is 0 Å². The quantitative estimate of drug-likeness (QED) is 0.855. The van der Waals surface area contributed by atoms with Gasteiger partial charge in [0.2, 0.25) is 0 Å². The van der Waals surface area contributed by atoms with E-state index in [0.29, 0.717) is 23.5 Å². The third-order valence-corrected chi connectivity index (χ3v) is 3.39. The number of carbonyl (C=O) groups is 2. The summed E-state index contributed by atoms with van der Waals surface area (Å²) in [5.41, 5.74) is 1.59. The van der Waals surface area contributed by atoms with Crippen molar-refractivity contribution in [3.8, 4) is 0 Å². The number of amides is 1. The van der Waals surface area contributed by atoms with Gasteiger partial charge in [-0.2, -0.15) is 5.10 Å². The number of carboxylic acid groups (broad SMARTS) is 1. The second kappa shape index (κ2) is 7.04. The highest BCUT2D eigenvalue weighted by atomic mass is 19.1. The van der Waals surface area contributed by atoms with Crippen molar-refractivity contribution in [3.05, 3.63) is 53.1 Å². The molecular weight excluding hydrogens is 301 g/mol. The van der Waals surface area contributed by atoms with Gasteiger partial charge in [0, 0.05) is 6.54 Å². The second-order valence-electron chi connectivity index (χ2n) is 5.16. The summed E-state index contributed by atoms with van der Waals surface area (Å²) in [7, 11) is 0. The molecule has 7 heteroatoms. The fourth-order valence-electron chi connectivity index (χ4n) is 2.32. The number of hydrogen-bond acceptors (Lipinski definition) is 3. The Labute approximate surface area is 132 Å². The van der Waals surface area contributed by atoms with Crippen LogP contribution in [0.3, 0.4) is 0 Å². The summed E-state index contributed by atoms with van der Waals surface area (Å²) < 4.78 is 14.6. The summed E-state index contributed by atoms with van der Waals surface area (Å²) in [6, 6.07) is 6.28. The van der Waals surface area contributed by atoms with E-state index >= 15 is 0 Å². The van der Waals surface area contributed by atoms with Crippen molar-refractivity contribution in [1.29, 1.82) is 0 Å². The molecule has 6 nitrogen and oxygen atoms in total. The summed E-state index contributed by atoms with van der Waals surface area (Å²) in [6.07, 6.45) is -0.295. The minimum atomic E-state index is -1.06.